The minimum absolute atomic E-state index is 0.356. The maximum atomic E-state index is 3.76. The van der Waals surface area contributed by atoms with Crippen molar-refractivity contribution in [1.29, 1.82) is 0 Å². The second kappa shape index (κ2) is 5.27. The molecular weight excluding hydrogens is 208 g/mol. The first-order valence-corrected chi connectivity index (χ1v) is 7.13. The molecule has 0 aromatic rings. The summed E-state index contributed by atoms with van der Waals surface area (Å²) >= 11 is 0. The van der Waals surface area contributed by atoms with E-state index in [9.17, 15) is 0 Å². The molecule has 0 aromatic heterocycles. The SMILES string of the molecule is CCCN1CC(C(C)(C)C)NCC1C(C)(C)C. The van der Waals surface area contributed by atoms with E-state index in [4.69, 9.17) is 0 Å². The molecule has 0 amide bonds. The van der Waals surface area contributed by atoms with Crippen LogP contribution in [0.4, 0.5) is 0 Å². The Hall–Kier alpha value is -0.0800. The van der Waals surface area contributed by atoms with Crippen LogP contribution in [-0.2, 0) is 0 Å². The molecule has 1 aliphatic heterocycles. The number of nitrogens with one attached hydrogen (secondary N) is 1. The molecule has 1 heterocycles. The van der Waals surface area contributed by atoms with Crippen molar-refractivity contribution < 1.29 is 0 Å². The molecule has 0 spiro atoms. The van der Waals surface area contributed by atoms with Crippen LogP contribution in [0.2, 0.25) is 0 Å². The van der Waals surface area contributed by atoms with Crippen molar-refractivity contribution in [2.75, 3.05) is 19.6 Å². The van der Waals surface area contributed by atoms with Gasteiger partial charge in [0.2, 0.25) is 0 Å². The van der Waals surface area contributed by atoms with Gasteiger partial charge in [-0.25, -0.2) is 0 Å². The van der Waals surface area contributed by atoms with Crippen LogP contribution in [0.25, 0.3) is 0 Å². The second-order valence-electron chi connectivity index (χ2n) is 7.70. The zero-order valence-electron chi connectivity index (χ0n) is 12.9. The Balaban J connectivity index is 2.74. The molecule has 0 bridgehead atoms. The van der Waals surface area contributed by atoms with Crippen molar-refractivity contribution in [3.8, 4) is 0 Å². The van der Waals surface area contributed by atoms with Gasteiger partial charge in [0.15, 0.2) is 0 Å². The van der Waals surface area contributed by atoms with Gasteiger partial charge in [0, 0.05) is 25.2 Å². The average molecular weight is 240 g/mol. The van der Waals surface area contributed by atoms with Crippen molar-refractivity contribution >= 4 is 0 Å². The van der Waals surface area contributed by atoms with E-state index in [1.54, 1.807) is 0 Å². The van der Waals surface area contributed by atoms with Gasteiger partial charge in [-0.15, -0.1) is 0 Å². The monoisotopic (exact) mass is 240 g/mol. The van der Waals surface area contributed by atoms with Gasteiger partial charge < -0.3 is 5.32 Å². The van der Waals surface area contributed by atoms with Gasteiger partial charge in [-0.1, -0.05) is 48.5 Å². The third kappa shape index (κ3) is 3.96. The van der Waals surface area contributed by atoms with Crippen molar-refractivity contribution in [3.63, 3.8) is 0 Å². The molecule has 1 aliphatic rings. The van der Waals surface area contributed by atoms with E-state index >= 15 is 0 Å². The Morgan fingerprint density at radius 3 is 2.06 bits per heavy atom. The van der Waals surface area contributed by atoms with Gasteiger partial charge in [0.1, 0.15) is 0 Å². The fourth-order valence-electron chi connectivity index (χ4n) is 2.78. The Labute approximate surface area is 108 Å². The highest BCUT2D eigenvalue weighted by atomic mass is 15.2. The van der Waals surface area contributed by atoms with Gasteiger partial charge >= 0.3 is 0 Å². The van der Waals surface area contributed by atoms with Crippen LogP contribution in [-0.4, -0.2) is 36.6 Å². The predicted molar refractivity (Wildman–Crippen MR) is 76.4 cm³/mol. The predicted octanol–water partition coefficient (Wildman–Crippen LogP) is 3.13. The van der Waals surface area contributed by atoms with E-state index in [0.717, 1.165) is 6.54 Å². The fourth-order valence-corrected chi connectivity index (χ4v) is 2.78. The lowest BCUT2D eigenvalue weighted by molar-refractivity contribution is 0.0307. The van der Waals surface area contributed by atoms with Crippen LogP contribution < -0.4 is 5.32 Å². The highest BCUT2D eigenvalue weighted by molar-refractivity contribution is 4.95. The molecule has 1 saturated heterocycles. The quantitative estimate of drug-likeness (QED) is 0.798. The summed E-state index contributed by atoms with van der Waals surface area (Å²) in [5.74, 6) is 0. The fraction of sp³-hybridized carbons (Fsp3) is 1.00. The summed E-state index contributed by atoms with van der Waals surface area (Å²) in [6.45, 7) is 19.9. The van der Waals surface area contributed by atoms with E-state index in [-0.39, 0.29) is 0 Å². The first kappa shape index (κ1) is 15.0. The Bertz CT molecular complexity index is 234. The summed E-state index contributed by atoms with van der Waals surface area (Å²) in [6, 6.07) is 1.29. The van der Waals surface area contributed by atoms with Gasteiger partial charge in [-0.3, -0.25) is 4.90 Å². The highest BCUT2D eigenvalue weighted by Gasteiger charge is 2.38. The summed E-state index contributed by atoms with van der Waals surface area (Å²) in [7, 11) is 0. The molecular formula is C15H32N2. The summed E-state index contributed by atoms with van der Waals surface area (Å²) < 4.78 is 0. The topological polar surface area (TPSA) is 15.3 Å². The minimum Gasteiger partial charge on any atom is -0.311 e. The second-order valence-corrected chi connectivity index (χ2v) is 7.70. The molecule has 1 fully saturated rings. The molecule has 2 heteroatoms. The molecule has 1 N–H and O–H groups in total. The molecule has 2 unspecified atom stereocenters. The number of nitrogens with zero attached hydrogens (tertiary/aromatic N) is 1. The van der Waals surface area contributed by atoms with Crippen LogP contribution in [0, 0.1) is 10.8 Å². The lowest BCUT2D eigenvalue weighted by atomic mass is 9.79. The van der Waals surface area contributed by atoms with Crippen LogP contribution in [0.3, 0.4) is 0 Å². The van der Waals surface area contributed by atoms with Crippen molar-refractivity contribution in [1.82, 2.24) is 10.2 Å². The van der Waals surface area contributed by atoms with Crippen LogP contribution in [0.5, 0.6) is 0 Å². The summed E-state index contributed by atoms with van der Waals surface area (Å²) in [5, 5.41) is 3.76. The zero-order valence-corrected chi connectivity index (χ0v) is 12.9. The maximum Gasteiger partial charge on any atom is 0.0269 e. The summed E-state index contributed by atoms with van der Waals surface area (Å²) in [6.07, 6.45) is 1.25. The highest BCUT2D eigenvalue weighted by Crippen LogP contribution is 2.30. The summed E-state index contributed by atoms with van der Waals surface area (Å²) in [4.78, 5) is 2.70. The van der Waals surface area contributed by atoms with Crippen LogP contribution in [0.15, 0.2) is 0 Å². The number of hydrogen-bond acceptors (Lipinski definition) is 2. The van der Waals surface area contributed by atoms with E-state index < -0.39 is 0 Å². The third-order valence-electron chi connectivity index (χ3n) is 3.97. The lowest BCUT2D eigenvalue weighted by Gasteiger charge is -2.49. The van der Waals surface area contributed by atoms with Gasteiger partial charge in [-0.2, -0.15) is 0 Å². The van der Waals surface area contributed by atoms with Crippen LogP contribution >= 0.6 is 0 Å². The minimum atomic E-state index is 0.356. The standard InChI is InChI=1S/C15H32N2/c1-8-9-17-11-12(14(2,3)4)16-10-13(17)15(5,6)7/h12-13,16H,8-11H2,1-7H3. The largest absolute Gasteiger partial charge is 0.311 e. The Morgan fingerprint density at radius 1 is 1.06 bits per heavy atom. The molecule has 0 aliphatic carbocycles. The molecule has 1 rings (SSSR count). The van der Waals surface area contributed by atoms with Crippen molar-refractivity contribution in [2.24, 2.45) is 10.8 Å². The molecule has 2 atom stereocenters. The van der Waals surface area contributed by atoms with Gasteiger partial charge in [0.25, 0.3) is 0 Å². The smallest absolute Gasteiger partial charge is 0.0269 e. The van der Waals surface area contributed by atoms with E-state index in [1.165, 1.54) is 19.5 Å². The third-order valence-corrected chi connectivity index (χ3v) is 3.97. The zero-order chi connectivity index (χ0) is 13.3. The van der Waals surface area contributed by atoms with Crippen molar-refractivity contribution in [3.05, 3.63) is 0 Å². The van der Waals surface area contributed by atoms with E-state index in [2.05, 4.69) is 58.7 Å². The number of piperazine rings is 1. The normalized spacial score (nSPS) is 28.4. The first-order chi connectivity index (χ1) is 7.66. The lowest BCUT2D eigenvalue weighted by Crippen LogP contribution is -2.63. The van der Waals surface area contributed by atoms with Gasteiger partial charge in [0.05, 0.1) is 0 Å². The van der Waals surface area contributed by atoms with Crippen LogP contribution in [0.1, 0.15) is 54.9 Å². The molecule has 0 radical (unpaired) electrons. The first-order valence-electron chi connectivity index (χ1n) is 7.13. The Morgan fingerprint density at radius 2 is 1.65 bits per heavy atom. The van der Waals surface area contributed by atoms with Crippen molar-refractivity contribution in [2.45, 2.75) is 67.0 Å². The van der Waals surface area contributed by atoms with Gasteiger partial charge in [-0.05, 0) is 23.8 Å². The van der Waals surface area contributed by atoms with E-state index in [0.29, 0.717) is 22.9 Å². The summed E-state index contributed by atoms with van der Waals surface area (Å²) in [5.41, 5.74) is 0.722. The molecule has 17 heavy (non-hydrogen) atoms. The Kier molecular flexibility index (Phi) is 4.65. The molecule has 0 aromatic carbocycles. The number of hydrogen-bond donors (Lipinski definition) is 1. The van der Waals surface area contributed by atoms with E-state index in [1.807, 2.05) is 0 Å². The number of rotatable bonds is 2. The average Bonchev–Trinajstić information content (AvgIpc) is 2.15. The molecule has 0 saturated carbocycles. The molecule has 2 nitrogen and oxygen atoms in total. The molecule has 102 valence electrons. The maximum absolute atomic E-state index is 3.76.